The van der Waals surface area contributed by atoms with Crippen molar-refractivity contribution in [3.63, 3.8) is 0 Å². The maximum absolute atomic E-state index is 5.91. The van der Waals surface area contributed by atoms with E-state index in [2.05, 4.69) is 90.8 Å². The second kappa shape index (κ2) is 5.65. The quantitative estimate of drug-likeness (QED) is 0.235. The lowest BCUT2D eigenvalue weighted by Crippen LogP contribution is -1.80. The fourth-order valence-electron chi connectivity index (χ4n) is 2.65. The van der Waals surface area contributed by atoms with Crippen LogP contribution in [-0.2, 0) is 0 Å². The first-order valence-electron chi connectivity index (χ1n) is 6.68. The summed E-state index contributed by atoms with van der Waals surface area (Å²) in [6.45, 7) is 0. The van der Waals surface area contributed by atoms with E-state index in [-0.39, 0.29) is 0 Å². The van der Waals surface area contributed by atoms with Crippen molar-refractivity contribution >= 4 is 76.4 Å². The second-order valence-corrected chi connectivity index (χ2v) is 8.19. The Morgan fingerprint density at radius 2 is 1.41 bits per heavy atom. The molecule has 3 aromatic carbocycles. The van der Waals surface area contributed by atoms with Gasteiger partial charge in [-0.3, -0.25) is 0 Å². The van der Waals surface area contributed by atoms with Gasteiger partial charge in [0, 0.05) is 23.3 Å². The van der Waals surface area contributed by atoms with Crippen LogP contribution in [0.25, 0.3) is 33.1 Å². The van der Waals surface area contributed by atoms with Gasteiger partial charge in [0.15, 0.2) is 0 Å². The maximum Gasteiger partial charge on any atom is 0.135 e. The van der Waals surface area contributed by atoms with Crippen molar-refractivity contribution in [1.82, 2.24) is 0 Å². The molecule has 4 aromatic rings. The maximum atomic E-state index is 5.91. The van der Waals surface area contributed by atoms with Gasteiger partial charge in [-0.25, -0.2) is 0 Å². The zero-order valence-electron chi connectivity index (χ0n) is 11.2. The third-order valence-electron chi connectivity index (χ3n) is 3.63. The number of furan rings is 1. The molecular weight excluding hydrogens is 519 g/mol. The van der Waals surface area contributed by atoms with E-state index in [0.29, 0.717) is 0 Å². The number of halogens is 3. The van der Waals surface area contributed by atoms with Gasteiger partial charge >= 0.3 is 0 Å². The van der Waals surface area contributed by atoms with E-state index in [1.54, 1.807) is 0 Å². The normalized spacial score (nSPS) is 11.4. The largest absolute Gasteiger partial charge is 0.456 e. The fourth-order valence-corrected chi connectivity index (χ4v) is 4.60. The Kier molecular flexibility index (Phi) is 3.78. The molecule has 0 atom stereocenters. The fraction of sp³-hybridized carbons (Fsp3) is 0. The second-order valence-electron chi connectivity index (χ2n) is 5.11. The summed E-state index contributed by atoms with van der Waals surface area (Å²) < 4.78 is 9.28. The highest BCUT2D eigenvalue weighted by atomic mass is 127. The SMILES string of the molecule is Brc1cc(I)cc(-c2ccc3oc4ccc(Br)cc4c3c2)c1. The first-order valence-corrected chi connectivity index (χ1v) is 9.35. The van der Waals surface area contributed by atoms with Crippen LogP contribution in [0.4, 0.5) is 0 Å². The van der Waals surface area contributed by atoms with Crippen molar-refractivity contribution in [2.75, 3.05) is 0 Å². The molecule has 0 N–H and O–H groups in total. The summed E-state index contributed by atoms with van der Waals surface area (Å²) >= 11 is 9.45. The van der Waals surface area contributed by atoms with Crippen molar-refractivity contribution in [2.45, 2.75) is 0 Å². The van der Waals surface area contributed by atoms with Gasteiger partial charge in [-0.2, -0.15) is 0 Å². The number of fused-ring (bicyclic) bond motifs is 3. The first kappa shape index (κ1) is 14.7. The van der Waals surface area contributed by atoms with E-state index in [4.69, 9.17) is 4.42 Å². The lowest BCUT2D eigenvalue weighted by Gasteiger charge is -2.04. The van der Waals surface area contributed by atoms with E-state index >= 15 is 0 Å². The first-order chi connectivity index (χ1) is 10.6. The highest BCUT2D eigenvalue weighted by Gasteiger charge is 2.09. The van der Waals surface area contributed by atoms with Gasteiger partial charge < -0.3 is 4.42 Å². The Labute approximate surface area is 158 Å². The van der Waals surface area contributed by atoms with Crippen LogP contribution in [0.5, 0.6) is 0 Å². The van der Waals surface area contributed by atoms with Gasteiger partial charge in [0.2, 0.25) is 0 Å². The smallest absolute Gasteiger partial charge is 0.135 e. The minimum atomic E-state index is 0.916. The summed E-state index contributed by atoms with van der Waals surface area (Å²) in [6.07, 6.45) is 0. The van der Waals surface area contributed by atoms with Gasteiger partial charge in [0.1, 0.15) is 11.2 Å². The Balaban J connectivity index is 1.99. The summed E-state index contributed by atoms with van der Waals surface area (Å²) in [5.41, 5.74) is 4.22. The lowest BCUT2D eigenvalue weighted by atomic mass is 10.0. The Morgan fingerprint density at radius 3 is 2.18 bits per heavy atom. The molecule has 0 aliphatic carbocycles. The molecule has 4 heteroatoms. The van der Waals surface area contributed by atoms with E-state index < -0.39 is 0 Å². The molecule has 0 radical (unpaired) electrons. The van der Waals surface area contributed by atoms with Gasteiger partial charge in [0.05, 0.1) is 0 Å². The van der Waals surface area contributed by atoms with Gasteiger partial charge in [-0.1, -0.05) is 37.9 Å². The predicted octanol–water partition coefficient (Wildman–Crippen LogP) is 7.38. The molecule has 0 unspecified atom stereocenters. The average molecular weight is 528 g/mol. The summed E-state index contributed by atoms with van der Waals surface area (Å²) in [5, 5.41) is 2.28. The van der Waals surface area contributed by atoms with Gasteiger partial charge in [-0.15, -0.1) is 0 Å². The predicted molar refractivity (Wildman–Crippen MR) is 107 cm³/mol. The van der Waals surface area contributed by atoms with Gasteiger partial charge in [0.25, 0.3) is 0 Å². The monoisotopic (exact) mass is 526 g/mol. The molecule has 0 spiro atoms. The Morgan fingerprint density at radius 1 is 0.682 bits per heavy atom. The lowest BCUT2D eigenvalue weighted by molar-refractivity contribution is 0.669. The summed E-state index contributed by atoms with van der Waals surface area (Å²) in [7, 11) is 0. The molecule has 108 valence electrons. The van der Waals surface area contributed by atoms with Crippen LogP contribution in [-0.4, -0.2) is 0 Å². The van der Waals surface area contributed by atoms with Crippen LogP contribution < -0.4 is 0 Å². The molecule has 0 bridgehead atoms. The number of hydrogen-bond acceptors (Lipinski definition) is 1. The molecular formula is C18H9Br2IO. The summed E-state index contributed by atoms with van der Waals surface area (Å²) in [4.78, 5) is 0. The molecule has 0 saturated heterocycles. The van der Waals surface area contributed by atoms with Crippen LogP contribution in [0.1, 0.15) is 0 Å². The van der Waals surface area contributed by atoms with Crippen molar-refractivity contribution in [3.05, 3.63) is 67.1 Å². The zero-order chi connectivity index (χ0) is 15.3. The molecule has 0 saturated carbocycles. The van der Waals surface area contributed by atoms with Crippen LogP contribution in [0.15, 0.2) is 68.0 Å². The van der Waals surface area contributed by atoms with Crippen LogP contribution in [0.2, 0.25) is 0 Å². The molecule has 0 fully saturated rings. The topological polar surface area (TPSA) is 13.1 Å². The van der Waals surface area contributed by atoms with E-state index in [9.17, 15) is 0 Å². The highest BCUT2D eigenvalue weighted by Crippen LogP contribution is 2.34. The molecule has 1 heterocycles. The average Bonchev–Trinajstić information content (AvgIpc) is 2.83. The molecule has 0 amide bonds. The molecule has 0 aliphatic heterocycles. The number of benzene rings is 3. The van der Waals surface area contributed by atoms with E-state index in [1.165, 1.54) is 14.7 Å². The van der Waals surface area contributed by atoms with Crippen molar-refractivity contribution < 1.29 is 4.42 Å². The molecule has 4 rings (SSSR count). The van der Waals surface area contributed by atoms with Crippen LogP contribution in [0, 0.1) is 3.57 Å². The van der Waals surface area contributed by atoms with Crippen molar-refractivity contribution in [1.29, 1.82) is 0 Å². The van der Waals surface area contributed by atoms with Gasteiger partial charge in [-0.05, 0) is 82.2 Å². The minimum absolute atomic E-state index is 0.916. The minimum Gasteiger partial charge on any atom is -0.456 e. The van der Waals surface area contributed by atoms with E-state index in [1.807, 2.05) is 18.2 Å². The highest BCUT2D eigenvalue weighted by molar-refractivity contribution is 14.1. The Hall–Kier alpha value is -0.850. The molecule has 1 aromatic heterocycles. The molecule has 0 aliphatic rings. The standard InChI is InChI=1S/C18H9Br2IO/c19-12-2-4-18-16(9-12)15-7-10(1-3-17(15)22-18)11-5-13(20)8-14(21)6-11/h1-9H. The molecule has 22 heavy (non-hydrogen) atoms. The van der Waals surface area contributed by atoms with Crippen molar-refractivity contribution in [2.24, 2.45) is 0 Å². The third kappa shape index (κ3) is 2.61. The summed E-state index contributed by atoms with van der Waals surface area (Å²) in [6, 6.07) is 18.9. The zero-order valence-corrected chi connectivity index (χ0v) is 16.6. The van der Waals surface area contributed by atoms with E-state index in [0.717, 1.165) is 30.9 Å². The van der Waals surface area contributed by atoms with Crippen LogP contribution >= 0.6 is 54.5 Å². The summed E-state index contributed by atoms with van der Waals surface area (Å²) in [5.74, 6) is 0. The Bertz CT molecular complexity index is 1000. The number of hydrogen-bond donors (Lipinski definition) is 0. The molecule has 1 nitrogen and oxygen atoms in total. The number of rotatable bonds is 1. The van der Waals surface area contributed by atoms with Crippen LogP contribution in [0.3, 0.4) is 0 Å². The third-order valence-corrected chi connectivity index (χ3v) is 5.20. The van der Waals surface area contributed by atoms with Crippen molar-refractivity contribution in [3.8, 4) is 11.1 Å².